The smallest absolute Gasteiger partial charge is 0.333 e. The highest BCUT2D eigenvalue weighted by Crippen LogP contribution is 2.34. The molecule has 1 unspecified atom stereocenters. The van der Waals surface area contributed by atoms with Crippen molar-refractivity contribution in [2.75, 3.05) is 13.7 Å². The number of benzene rings is 1. The van der Waals surface area contributed by atoms with Gasteiger partial charge in [-0.2, -0.15) is 10.4 Å². The summed E-state index contributed by atoms with van der Waals surface area (Å²) in [6.45, 7) is 10.1. The molecule has 0 spiro atoms. The first-order chi connectivity index (χ1) is 20.8. The first-order valence-electron chi connectivity index (χ1n) is 14.3. The Kier molecular flexibility index (Phi) is 9.75. The third-order valence-corrected chi connectivity index (χ3v) is 8.96. The van der Waals surface area contributed by atoms with Gasteiger partial charge in [0.2, 0.25) is 5.91 Å². The third-order valence-electron chi connectivity index (χ3n) is 7.66. The number of methoxy groups -OCH3 is 1. The number of thiophene rings is 1. The summed E-state index contributed by atoms with van der Waals surface area (Å²) in [7, 11) is 1.44. The molecule has 0 bridgehead atoms. The molecule has 4 rings (SSSR count). The Morgan fingerprint density at radius 3 is 2.61 bits per heavy atom. The molecule has 0 radical (unpaired) electrons. The summed E-state index contributed by atoms with van der Waals surface area (Å²) >= 11 is 1.19. The fourth-order valence-electron chi connectivity index (χ4n) is 4.86. The number of nitrogens with one attached hydrogen (secondary N) is 1. The van der Waals surface area contributed by atoms with Gasteiger partial charge in [0.05, 0.1) is 37.6 Å². The van der Waals surface area contributed by atoms with Gasteiger partial charge in [-0.3, -0.25) is 14.2 Å². The Hall–Kier alpha value is -4.28. The van der Waals surface area contributed by atoms with Crippen LogP contribution in [0, 0.1) is 30.0 Å². The van der Waals surface area contributed by atoms with Crippen molar-refractivity contribution in [3.8, 4) is 16.8 Å². The number of carbonyl (C=O) groups is 1. The number of halogens is 1. The third kappa shape index (κ3) is 6.18. The van der Waals surface area contributed by atoms with Crippen LogP contribution in [0.4, 0.5) is 4.39 Å². The lowest BCUT2D eigenvalue weighted by Gasteiger charge is -2.29. The number of hydrogen-bond acceptors (Lipinski definition) is 8. The zero-order valence-corrected chi connectivity index (χ0v) is 26.7. The minimum absolute atomic E-state index is 0.0107. The standard InChI is InChI=1S/C31H37FN6O5S/c1-8-19(3)35-29(40)31(5,6)38-26(39)25-20(4)27(37-13-9-12-34-37)44-28(25)36(30(38)41)16-24(43-17-18(2)15-33)22-14-21(32)10-11-23(22)42-7/h9-14,18-19,24H,8,16-17H2,1-7H3,(H,35,40)/t18-,19?,24+/m1/s1. The first kappa shape index (κ1) is 32.6. The molecule has 44 heavy (non-hydrogen) atoms. The van der Waals surface area contributed by atoms with Crippen molar-refractivity contribution in [2.45, 2.75) is 72.2 Å². The van der Waals surface area contributed by atoms with Crippen LogP contribution >= 0.6 is 11.3 Å². The highest BCUT2D eigenvalue weighted by Gasteiger charge is 2.36. The van der Waals surface area contributed by atoms with Gasteiger partial charge in [0.1, 0.15) is 33.0 Å². The van der Waals surface area contributed by atoms with E-state index in [2.05, 4.69) is 16.5 Å². The molecule has 1 N–H and O–H groups in total. The average Bonchev–Trinajstić information content (AvgIpc) is 3.64. The zero-order chi connectivity index (χ0) is 32.3. The Labute approximate surface area is 258 Å². The van der Waals surface area contributed by atoms with Crippen LogP contribution in [0.15, 0.2) is 46.2 Å². The van der Waals surface area contributed by atoms with Crippen LogP contribution in [0.5, 0.6) is 5.75 Å². The maximum Gasteiger partial charge on any atom is 0.333 e. The van der Waals surface area contributed by atoms with E-state index in [1.54, 1.807) is 37.0 Å². The van der Waals surface area contributed by atoms with Gasteiger partial charge >= 0.3 is 5.69 Å². The Balaban J connectivity index is 2.02. The van der Waals surface area contributed by atoms with Gasteiger partial charge in [-0.1, -0.05) is 18.3 Å². The Bertz CT molecular complexity index is 1820. The van der Waals surface area contributed by atoms with Crippen LogP contribution in [0.1, 0.15) is 58.3 Å². The number of ether oxygens (including phenoxy) is 2. The molecule has 0 aliphatic carbocycles. The highest BCUT2D eigenvalue weighted by atomic mass is 32.1. The molecular formula is C31H37FN6O5S. The number of aromatic nitrogens is 4. The molecule has 3 atom stereocenters. The van der Waals surface area contributed by atoms with Crippen LogP contribution in [-0.4, -0.2) is 44.6 Å². The number of hydrogen-bond donors (Lipinski definition) is 1. The van der Waals surface area contributed by atoms with Crippen molar-refractivity contribution in [3.63, 3.8) is 0 Å². The number of carbonyl (C=O) groups excluding carboxylic acids is 1. The van der Waals surface area contributed by atoms with E-state index in [1.807, 2.05) is 13.8 Å². The summed E-state index contributed by atoms with van der Waals surface area (Å²) in [5, 5.41) is 17.5. The van der Waals surface area contributed by atoms with E-state index >= 15 is 0 Å². The fraction of sp³-hybridized carbons (Fsp3) is 0.452. The lowest BCUT2D eigenvalue weighted by molar-refractivity contribution is -0.129. The van der Waals surface area contributed by atoms with Crippen molar-refractivity contribution in [2.24, 2.45) is 5.92 Å². The zero-order valence-electron chi connectivity index (χ0n) is 25.9. The molecule has 13 heteroatoms. The molecule has 0 saturated heterocycles. The first-order valence-corrected chi connectivity index (χ1v) is 15.1. The lowest BCUT2D eigenvalue weighted by atomic mass is 10.0. The van der Waals surface area contributed by atoms with Crippen LogP contribution < -0.4 is 21.3 Å². The number of rotatable bonds is 12. The number of amides is 1. The molecule has 0 aliphatic rings. The predicted octanol–water partition coefficient (Wildman–Crippen LogP) is 4.43. The van der Waals surface area contributed by atoms with Gasteiger partial charge in [0.25, 0.3) is 5.56 Å². The van der Waals surface area contributed by atoms with Crippen molar-refractivity contribution < 1.29 is 18.7 Å². The van der Waals surface area contributed by atoms with Crippen molar-refractivity contribution >= 4 is 27.5 Å². The maximum atomic E-state index is 14.6. The monoisotopic (exact) mass is 624 g/mol. The van der Waals surface area contributed by atoms with Gasteiger partial charge in [-0.25, -0.2) is 18.4 Å². The molecule has 0 saturated carbocycles. The molecular weight excluding hydrogens is 587 g/mol. The molecule has 4 aromatic rings. The van der Waals surface area contributed by atoms with Crippen LogP contribution in [0.2, 0.25) is 0 Å². The van der Waals surface area contributed by atoms with Crippen molar-refractivity contribution in [3.05, 3.63) is 74.4 Å². The van der Waals surface area contributed by atoms with E-state index in [9.17, 15) is 24.0 Å². The topological polar surface area (TPSA) is 133 Å². The van der Waals surface area contributed by atoms with E-state index in [0.29, 0.717) is 33.1 Å². The second-order valence-corrected chi connectivity index (χ2v) is 12.3. The van der Waals surface area contributed by atoms with E-state index in [-0.39, 0.29) is 24.6 Å². The van der Waals surface area contributed by atoms with Gasteiger partial charge in [0.15, 0.2) is 0 Å². The number of nitriles is 1. The number of fused-ring (bicyclic) bond motifs is 1. The second kappa shape index (κ2) is 13.2. The molecule has 3 aromatic heterocycles. The second-order valence-electron chi connectivity index (χ2n) is 11.3. The van der Waals surface area contributed by atoms with E-state index in [1.165, 1.54) is 55.1 Å². The normalized spacial score (nSPS) is 13.8. The maximum absolute atomic E-state index is 14.6. The van der Waals surface area contributed by atoms with Crippen LogP contribution in [0.3, 0.4) is 0 Å². The molecule has 1 aromatic carbocycles. The van der Waals surface area contributed by atoms with E-state index < -0.39 is 40.5 Å². The number of aryl methyl sites for hydroxylation is 1. The van der Waals surface area contributed by atoms with Gasteiger partial charge < -0.3 is 14.8 Å². The minimum Gasteiger partial charge on any atom is -0.496 e. The van der Waals surface area contributed by atoms with Crippen LogP contribution in [-0.2, 0) is 21.6 Å². The van der Waals surface area contributed by atoms with Gasteiger partial charge in [0, 0.05) is 29.6 Å². The summed E-state index contributed by atoms with van der Waals surface area (Å²) < 4.78 is 30.2. The van der Waals surface area contributed by atoms with Crippen LogP contribution in [0.25, 0.3) is 15.2 Å². The SMILES string of the molecule is CCC(C)NC(=O)C(C)(C)n1c(=O)c2c(C)c(-n3cccn3)sc2n(C[C@H](OC[C@H](C)C#N)c2cc(F)ccc2OC)c1=O. The summed E-state index contributed by atoms with van der Waals surface area (Å²) in [6.07, 6.45) is 3.03. The number of nitrogens with zero attached hydrogens (tertiary/aromatic N) is 5. The highest BCUT2D eigenvalue weighted by molar-refractivity contribution is 7.21. The largest absolute Gasteiger partial charge is 0.496 e. The average molecular weight is 625 g/mol. The molecule has 1 amide bonds. The minimum atomic E-state index is -1.57. The molecule has 234 valence electrons. The lowest BCUT2D eigenvalue weighted by Crippen LogP contribution is -2.57. The van der Waals surface area contributed by atoms with E-state index in [4.69, 9.17) is 9.47 Å². The van der Waals surface area contributed by atoms with Crippen molar-refractivity contribution in [1.82, 2.24) is 24.2 Å². The van der Waals surface area contributed by atoms with Crippen molar-refractivity contribution in [1.29, 1.82) is 5.26 Å². The Morgan fingerprint density at radius 2 is 2.00 bits per heavy atom. The summed E-state index contributed by atoms with van der Waals surface area (Å²) in [5.74, 6) is -1.20. The quantitative estimate of drug-likeness (QED) is 0.247. The van der Waals surface area contributed by atoms with E-state index in [0.717, 1.165) is 4.57 Å². The summed E-state index contributed by atoms with van der Waals surface area (Å²) in [4.78, 5) is 42.4. The predicted molar refractivity (Wildman–Crippen MR) is 166 cm³/mol. The molecule has 0 fully saturated rings. The van der Waals surface area contributed by atoms with Gasteiger partial charge in [-0.15, -0.1) is 0 Å². The van der Waals surface area contributed by atoms with Gasteiger partial charge in [-0.05, 0) is 65.3 Å². The molecule has 0 aliphatic heterocycles. The summed E-state index contributed by atoms with van der Waals surface area (Å²) in [5.41, 5.74) is -2.02. The summed E-state index contributed by atoms with van der Waals surface area (Å²) in [6, 6.07) is 7.65. The molecule has 11 nitrogen and oxygen atoms in total. The molecule has 3 heterocycles. The Morgan fingerprint density at radius 1 is 1.27 bits per heavy atom. The fourth-order valence-corrected chi connectivity index (χ4v) is 6.11.